The summed E-state index contributed by atoms with van der Waals surface area (Å²) in [6.45, 7) is 7.45. The van der Waals surface area contributed by atoms with E-state index in [0.717, 1.165) is 0 Å². The van der Waals surface area contributed by atoms with Crippen LogP contribution in [0.25, 0.3) is 0 Å². The van der Waals surface area contributed by atoms with Crippen molar-refractivity contribution in [3.05, 3.63) is 23.8 Å². The lowest BCUT2D eigenvalue weighted by atomic mass is 9.88. The molecule has 0 aliphatic heterocycles. The Morgan fingerprint density at radius 1 is 0.889 bits per heavy atom. The highest BCUT2D eigenvalue weighted by Crippen LogP contribution is 2.31. The molecule has 11 heteroatoms. The molecule has 0 saturated heterocycles. The number of ether oxygens (including phenoxy) is 6. The van der Waals surface area contributed by atoms with Crippen LogP contribution in [0.1, 0.15) is 58.9 Å². The van der Waals surface area contributed by atoms with Crippen LogP contribution >= 0.6 is 0 Å². The van der Waals surface area contributed by atoms with Crippen molar-refractivity contribution in [3.8, 4) is 11.5 Å². The van der Waals surface area contributed by atoms with Gasteiger partial charge in [0.05, 0.1) is 32.8 Å². The number of benzene rings is 1. The number of carbonyl (C=O) groups is 4. The van der Waals surface area contributed by atoms with Crippen molar-refractivity contribution in [2.24, 2.45) is 11.7 Å². The maximum absolute atomic E-state index is 12.5. The Bertz CT molecular complexity index is 888. The van der Waals surface area contributed by atoms with Crippen LogP contribution in [0.4, 0.5) is 9.59 Å². The molecule has 0 amide bonds. The minimum Gasteiger partial charge on any atom is -0.468 e. The molecule has 202 valence electrons. The first-order valence-electron chi connectivity index (χ1n) is 12.0. The molecule has 2 atom stereocenters. The standard InChI is InChI=1S/C25H37NO10/c1-6-12-33-23(29)35-19-10-9-18(15-20(19)36-24(30)34-13-7-2)16-25(26,22(28)31-5)11-14-32-21(27)17(4)8-3/h9-10,15,17H,6-8,11-14,16,26H2,1-5H3/t17-,25?/m0/s1. The average molecular weight is 512 g/mol. The molecule has 0 bridgehead atoms. The summed E-state index contributed by atoms with van der Waals surface area (Å²) in [7, 11) is 1.20. The van der Waals surface area contributed by atoms with Crippen molar-refractivity contribution in [3.63, 3.8) is 0 Å². The van der Waals surface area contributed by atoms with Crippen LogP contribution in [0.2, 0.25) is 0 Å². The molecule has 0 aliphatic carbocycles. The number of nitrogens with two attached hydrogens (primary N) is 1. The normalized spacial score (nSPS) is 13.1. The molecule has 0 spiro atoms. The van der Waals surface area contributed by atoms with Crippen LogP contribution < -0.4 is 15.2 Å². The number of esters is 2. The Balaban J connectivity index is 3.13. The largest absolute Gasteiger partial charge is 0.513 e. The van der Waals surface area contributed by atoms with Gasteiger partial charge < -0.3 is 34.2 Å². The predicted octanol–water partition coefficient (Wildman–Crippen LogP) is 3.93. The van der Waals surface area contributed by atoms with Gasteiger partial charge in [-0.3, -0.25) is 9.59 Å². The average Bonchev–Trinajstić information content (AvgIpc) is 2.86. The summed E-state index contributed by atoms with van der Waals surface area (Å²) in [5.74, 6) is -1.59. The Morgan fingerprint density at radius 2 is 1.47 bits per heavy atom. The molecule has 11 nitrogen and oxygen atoms in total. The van der Waals surface area contributed by atoms with Crippen LogP contribution in [0, 0.1) is 5.92 Å². The smallest absolute Gasteiger partial charge is 0.468 e. The number of rotatable bonds is 14. The highest BCUT2D eigenvalue weighted by molar-refractivity contribution is 5.81. The summed E-state index contributed by atoms with van der Waals surface area (Å²) in [5, 5.41) is 0. The second kappa shape index (κ2) is 15.6. The number of methoxy groups -OCH3 is 1. The Morgan fingerprint density at radius 3 is 2.00 bits per heavy atom. The minimum absolute atomic E-state index is 0.0157. The third-order valence-electron chi connectivity index (χ3n) is 5.16. The summed E-state index contributed by atoms with van der Waals surface area (Å²) in [4.78, 5) is 48.5. The van der Waals surface area contributed by atoms with Crippen molar-refractivity contribution >= 4 is 24.2 Å². The topological polar surface area (TPSA) is 150 Å². The van der Waals surface area contributed by atoms with E-state index < -0.39 is 23.8 Å². The zero-order valence-corrected chi connectivity index (χ0v) is 21.6. The second-order valence-corrected chi connectivity index (χ2v) is 8.23. The van der Waals surface area contributed by atoms with Gasteiger partial charge in [-0.2, -0.15) is 0 Å². The molecule has 1 unspecified atom stereocenters. The van der Waals surface area contributed by atoms with E-state index in [1.807, 2.05) is 20.8 Å². The van der Waals surface area contributed by atoms with Crippen LogP contribution in [0.5, 0.6) is 11.5 Å². The third kappa shape index (κ3) is 10.1. The lowest BCUT2D eigenvalue weighted by Crippen LogP contribution is -2.51. The quantitative estimate of drug-likeness (QED) is 0.220. The van der Waals surface area contributed by atoms with Gasteiger partial charge >= 0.3 is 24.2 Å². The maximum atomic E-state index is 12.5. The molecule has 0 radical (unpaired) electrons. The van der Waals surface area contributed by atoms with E-state index in [1.165, 1.54) is 19.2 Å². The van der Waals surface area contributed by atoms with Crippen molar-refractivity contribution in [2.75, 3.05) is 26.9 Å². The van der Waals surface area contributed by atoms with E-state index in [1.54, 1.807) is 13.0 Å². The third-order valence-corrected chi connectivity index (χ3v) is 5.16. The Labute approximate surface area is 211 Å². The second-order valence-electron chi connectivity index (χ2n) is 8.23. The SMILES string of the molecule is CCCOC(=O)Oc1ccc(CC(N)(CCOC(=O)[C@@H](C)CC)C(=O)OC)cc1OC(=O)OCCC. The van der Waals surface area contributed by atoms with Gasteiger partial charge in [0.25, 0.3) is 0 Å². The summed E-state index contributed by atoms with van der Waals surface area (Å²) in [5.41, 5.74) is 5.28. The summed E-state index contributed by atoms with van der Waals surface area (Å²) in [6, 6.07) is 4.32. The van der Waals surface area contributed by atoms with E-state index in [-0.39, 0.29) is 56.0 Å². The van der Waals surface area contributed by atoms with Crippen LogP contribution in [0.15, 0.2) is 18.2 Å². The monoisotopic (exact) mass is 511 g/mol. The number of carbonyl (C=O) groups excluding carboxylic acids is 4. The summed E-state index contributed by atoms with van der Waals surface area (Å²) < 4.78 is 30.4. The van der Waals surface area contributed by atoms with Gasteiger partial charge in [0.15, 0.2) is 11.5 Å². The molecule has 0 saturated carbocycles. The fourth-order valence-corrected chi connectivity index (χ4v) is 2.91. The number of hydrogen-bond donors (Lipinski definition) is 1. The molecular formula is C25H37NO10. The first kappa shape index (κ1) is 30.7. The van der Waals surface area contributed by atoms with E-state index in [4.69, 9.17) is 34.2 Å². The summed E-state index contributed by atoms with van der Waals surface area (Å²) in [6.07, 6.45) is -0.239. The van der Waals surface area contributed by atoms with Crippen molar-refractivity contribution in [2.45, 2.75) is 65.3 Å². The molecule has 0 fully saturated rings. The molecule has 0 aromatic heterocycles. The number of hydrogen-bond acceptors (Lipinski definition) is 11. The molecule has 0 aliphatic rings. The van der Waals surface area contributed by atoms with Gasteiger partial charge in [-0.15, -0.1) is 0 Å². The van der Waals surface area contributed by atoms with E-state index in [2.05, 4.69) is 0 Å². The predicted molar refractivity (Wildman–Crippen MR) is 129 cm³/mol. The van der Waals surface area contributed by atoms with E-state index in [9.17, 15) is 19.2 Å². The van der Waals surface area contributed by atoms with Crippen molar-refractivity contribution in [1.29, 1.82) is 0 Å². The zero-order chi connectivity index (χ0) is 27.1. The molecule has 36 heavy (non-hydrogen) atoms. The van der Waals surface area contributed by atoms with Crippen LogP contribution in [-0.4, -0.2) is 56.7 Å². The highest BCUT2D eigenvalue weighted by atomic mass is 16.7. The minimum atomic E-state index is -1.55. The molecule has 1 aromatic rings. The molecule has 1 aromatic carbocycles. The zero-order valence-electron chi connectivity index (χ0n) is 21.6. The van der Waals surface area contributed by atoms with Crippen LogP contribution in [-0.2, 0) is 35.0 Å². The van der Waals surface area contributed by atoms with Gasteiger partial charge in [0.1, 0.15) is 5.54 Å². The van der Waals surface area contributed by atoms with Gasteiger partial charge in [-0.25, -0.2) is 9.59 Å². The molecular weight excluding hydrogens is 474 g/mol. The molecule has 0 heterocycles. The lowest BCUT2D eigenvalue weighted by molar-refractivity contribution is -0.153. The summed E-state index contributed by atoms with van der Waals surface area (Å²) >= 11 is 0. The Hall–Kier alpha value is -3.34. The lowest BCUT2D eigenvalue weighted by Gasteiger charge is -2.27. The van der Waals surface area contributed by atoms with E-state index in [0.29, 0.717) is 24.8 Å². The van der Waals surface area contributed by atoms with Gasteiger partial charge in [0.2, 0.25) is 0 Å². The van der Waals surface area contributed by atoms with Gasteiger partial charge in [-0.1, -0.05) is 33.8 Å². The molecule has 2 N–H and O–H groups in total. The van der Waals surface area contributed by atoms with Gasteiger partial charge in [-0.05, 0) is 37.0 Å². The Kier molecular flexibility index (Phi) is 13.3. The van der Waals surface area contributed by atoms with Crippen molar-refractivity contribution in [1.82, 2.24) is 0 Å². The van der Waals surface area contributed by atoms with Crippen molar-refractivity contribution < 1.29 is 47.6 Å². The fraction of sp³-hybridized carbons (Fsp3) is 0.600. The van der Waals surface area contributed by atoms with Crippen LogP contribution in [0.3, 0.4) is 0 Å². The maximum Gasteiger partial charge on any atom is 0.513 e. The first-order valence-corrected chi connectivity index (χ1v) is 12.0. The fourth-order valence-electron chi connectivity index (χ4n) is 2.91. The first-order chi connectivity index (χ1) is 17.1. The highest BCUT2D eigenvalue weighted by Gasteiger charge is 2.36. The molecule has 1 rings (SSSR count). The van der Waals surface area contributed by atoms with Gasteiger partial charge in [0, 0.05) is 12.8 Å². The van der Waals surface area contributed by atoms with E-state index >= 15 is 0 Å².